The van der Waals surface area contributed by atoms with Crippen LogP contribution < -0.4 is 10.5 Å². The van der Waals surface area contributed by atoms with E-state index in [0.717, 1.165) is 0 Å². The third-order valence-electron chi connectivity index (χ3n) is 3.34. The van der Waals surface area contributed by atoms with E-state index in [1.165, 1.54) is 31.2 Å². The predicted molar refractivity (Wildman–Crippen MR) is 87.3 cm³/mol. The van der Waals surface area contributed by atoms with E-state index in [0.29, 0.717) is 17.1 Å². The lowest BCUT2D eigenvalue weighted by atomic mass is 10.2. The molecule has 2 aromatic rings. The topological polar surface area (TPSA) is 142 Å². The van der Waals surface area contributed by atoms with Crippen molar-refractivity contribution < 1.29 is 27.3 Å². The molecule has 0 aliphatic rings. The van der Waals surface area contributed by atoms with Crippen molar-refractivity contribution in [3.05, 3.63) is 41.3 Å². The van der Waals surface area contributed by atoms with Gasteiger partial charge in [0.25, 0.3) is 5.91 Å². The number of hydrogen-bond donors (Lipinski definition) is 2. The fraction of sp³-hybridized carbons (Fsp3) is 0.267. The fourth-order valence-electron chi connectivity index (χ4n) is 2.02. The van der Waals surface area contributed by atoms with Gasteiger partial charge in [0.05, 0.1) is 10.6 Å². The number of primary sulfonamides is 1. The minimum absolute atomic E-state index is 0.0802. The molecule has 0 bridgehead atoms. The van der Waals surface area contributed by atoms with Gasteiger partial charge in [0, 0.05) is 5.69 Å². The highest BCUT2D eigenvalue weighted by atomic mass is 32.2. The second kappa shape index (κ2) is 7.03. The molecule has 25 heavy (non-hydrogen) atoms. The lowest BCUT2D eigenvalue weighted by molar-refractivity contribution is -0.123. The molecule has 2 rings (SSSR count). The number of benzene rings is 1. The van der Waals surface area contributed by atoms with Crippen molar-refractivity contribution in [3.63, 3.8) is 0 Å². The summed E-state index contributed by atoms with van der Waals surface area (Å²) in [5, 5.41) is 11.2. The van der Waals surface area contributed by atoms with Gasteiger partial charge >= 0.3 is 5.97 Å². The summed E-state index contributed by atoms with van der Waals surface area (Å²) in [4.78, 5) is 24.1. The van der Waals surface area contributed by atoms with Crippen molar-refractivity contribution in [1.29, 1.82) is 0 Å². The van der Waals surface area contributed by atoms with Crippen LogP contribution in [-0.4, -0.2) is 31.6 Å². The average molecular weight is 367 g/mol. The van der Waals surface area contributed by atoms with Gasteiger partial charge in [-0.25, -0.2) is 18.4 Å². The molecule has 0 aliphatic heterocycles. The molecule has 0 fully saturated rings. The number of anilines is 1. The third kappa shape index (κ3) is 4.43. The first-order valence-electron chi connectivity index (χ1n) is 7.17. The van der Waals surface area contributed by atoms with E-state index in [2.05, 4.69) is 10.5 Å². The van der Waals surface area contributed by atoms with Gasteiger partial charge in [-0.3, -0.25) is 4.79 Å². The van der Waals surface area contributed by atoms with Crippen molar-refractivity contribution in [2.75, 3.05) is 5.32 Å². The van der Waals surface area contributed by atoms with Gasteiger partial charge in [-0.05, 0) is 45.0 Å². The first-order valence-corrected chi connectivity index (χ1v) is 8.72. The summed E-state index contributed by atoms with van der Waals surface area (Å²) in [5.41, 5.74) is 0.878. The molecule has 0 aliphatic carbocycles. The normalized spacial score (nSPS) is 12.5. The lowest BCUT2D eigenvalue weighted by Crippen LogP contribution is -2.30. The number of hydrogen-bond acceptors (Lipinski definition) is 7. The Kier molecular flexibility index (Phi) is 5.24. The van der Waals surface area contributed by atoms with Crippen LogP contribution in [0.15, 0.2) is 33.7 Å². The summed E-state index contributed by atoms with van der Waals surface area (Å²) in [6.07, 6.45) is -1.08. The zero-order chi connectivity index (χ0) is 18.8. The average Bonchev–Trinajstić information content (AvgIpc) is 2.85. The van der Waals surface area contributed by atoms with Crippen molar-refractivity contribution in [1.82, 2.24) is 5.16 Å². The Labute approximate surface area is 144 Å². The second-order valence-corrected chi connectivity index (χ2v) is 6.87. The zero-order valence-electron chi connectivity index (χ0n) is 13.8. The number of amides is 1. The molecule has 1 aromatic carbocycles. The van der Waals surface area contributed by atoms with Gasteiger partial charge in [0.15, 0.2) is 6.10 Å². The minimum atomic E-state index is -3.81. The van der Waals surface area contributed by atoms with Crippen LogP contribution in [0.5, 0.6) is 0 Å². The number of sulfonamides is 1. The molecule has 9 nitrogen and oxygen atoms in total. The highest BCUT2D eigenvalue weighted by Gasteiger charge is 2.24. The Bertz CT molecular complexity index is 882. The molecule has 3 N–H and O–H groups in total. The van der Waals surface area contributed by atoms with Crippen LogP contribution in [0, 0.1) is 13.8 Å². The van der Waals surface area contributed by atoms with Crippen LogP contribution in [-0.2, 0) is 19.6 Å². The van der Waals surface area contributed by atoms with E-state index in [9.17, 15) is 18.0 Å². The van der Waals surface area contributed by atoms with E-state index < -0.39 is 28.0 Å². The maximum atomic E-state index is 12.1. The smallest absolute Gasteiger partial charge is 0.344 e. The maximum absolute atomic E-state index is 12.1. The molecule has 1 aromatic heterocycles. The predicted octanol–water partition coefficient (Wildman–Crippen LogP) is 1.12. The summed E-state index contributed by atoms with van der Waals surface area (Å²) in [5.74, 6) is -0.999. The molecule has 10 heteroatoms. The Hall–Kier alpha value is -2.72. The van der Waals surface area contributed by atoms with Crippen LogP contribution in [0.3, 0.4) is 0 Å². The third-order valence-corrected chi connectivity index (χ3v) is 4.27. The van der Waals surface area contributed by atoms with E-state index in [4.69, 9.17) is 14.4 Å². The molecule has 0 radical (unpaired) electrons. The van der Waals surface area contributed by atoms with Gasteiger partial charge in [0.1, 0.15) is 11.3 Å². The molecule has 0 unspecified atom stereocenters. The Morgan fingerprint density at radius 2 is 1.84 bits per heavy atom. The van der Waals surface area contributed by atoms with Crippen LogP contribution in [0.2, 0.25) is 0 Å². The molecule has 1 amide bonds. The number of nitrogens with zero attached hydrogens (tertiary/aromatic N) is 1. The number of rotatable bonds is 5. The summed E-state index contributed by atoms with van der Waals surface area (Å²) in [6.45, 7) is 4.56. The fourth-order valence-corrected chi connectivity index (χ4v) is 2.53. The second-order valence-electron chi connectivity index (χ2n) is 5.31. The summed E-state index contributed by atoms with van der Waals surface area (Å²) in [6, 6.07) is 5.26. The molecular formula is C15H17N3O6S. The van der Waals surface area contributed by atoms with Crippen molar-refractivity contribution in [2.45, 2.75) is 31.8 Å². The number of nitrogens with one attached hydrogen (secondary N) is 1. The first kappa shape index (κ1) is 18.6. The van der Waals surface area contributed by atoms with Crippen LogP contribution in [0.25, 0.3) is 0 Å². The van der Waals surface area contributed by atoms with E-state index in [-0.39, 0.29) is 10.5 Å². The van der Waals surface area contributed by atoms with E-state index in [1.807, 2.05) is 0 Å². The van der Waals surface area contributed by atoms with Gasteiger partial charge < -0.3 is 14.6 Å². The Morgan fingerprint density at radius 3 is 2.32 bits per heavy atom. The summed E-state index contributed by atoms with van der Waals surface area (Å²) < 4.78 is 32.4. The SMILES string of the molecule is Cc1noc(C)c1C(=O)O[C@H](C)C(=O)Nc1ccc(S(N)(=O)=O)cc1. The van der Waals surface area contributed by atoms with Crippen molar-refractivity contribution in [2.24, 2.45) is 5.14 Å². The van der Waals surface area contributed by atoms with E-state index >= 15 is 0 Å². The summed E-state index contributed by atoms with van der Waals surface area (Å²) in [7, 11) is -3.81. The van der Waals surface area contributed by atoms with Crippen LogP contribution in [0.1, 0.15) is 28.7 Å². The number of esters is 1. The minimum Gasteiger partial charge on any atom is -0.449 e. The molecule has 1 heterocycles. The Morgan fingerprint density at radius 1 is 1.24 bits per heavy atom. The monoisotopic (exact) mass is 367 g/mol. The summed E-state index contributed by atoms with van der Waals surface area (Å²) >= 11 is 0. The van der Waals surface area contributed by atoms with Crippen molar-refractivity contribution >= 4 is 27.6 Å². The molecule has 1 atom stereocenters. The molecular weight excluding hydrogens is 350 g/mol. The van der Waals surface area contributed by atoms with Gasteiger partial charge in [-0.1, -0.05) is 5.16 Å². The van der Waals surface area contributed by atoms with Gasteiger partial charge in [-0.2, -0.15) is 0 Å². The standard InChI is InChI=1S/C15H17N3O6S/c1-8-13(9(2)24-18-8)15(20)23-10(3)14(19)17-11-4-6-12(7-5-11)25(16,21)22/h4-7,10H,1-3H3,(H,17,19)(H2,16,21,22)/t10-/m1/s1. The van der Waals surface area contributed by atoms with Crippen LogP contribution >= 0.6 is 0 Å². The molecule has 0 spiro atoms. The van der Waals surface area contributed by atoms with Gasteiger partial charge in [-0.15, -0.1) is 0 Å². The number of aryl methyl sites for hydroxylation is 2. The number of carbonyl (C=O) groups excluding carboxylic acids is 2. The lowest BCUT2D eigenvalue weighted by Gasteiger charge is -2.13. The largest absolute Gasteiger partial charge is 0.449 e. The molecule has 134 valence electrons. The van der Waals surface area contributed by atoms with Gasteiger partial charge in [0.2, 0.25) is 10.0 Å². The van der Waals surface area contributed by atoms with Crippen molar-refractivity contribution in [3.8, 4) is 0 Å². The highest BCUT2D eigenvalue weighted by Crippen LogP contribution is 2.16. The molecule has 0 saturated carbocycles. The number of ether oxygens (including phenoxy) is 1. The maximum Gasteiger partial charge on any atom is 0.344 e. The quantitative estimate of drug-likeness (QED) is 0.754. The van der Waals surface area contributed by atoms with Crippen LogP contribution in [0.4, 0.5) is 5.69 Å². The first-order chi connectivity index (χ1) is 11.6. The van der Waals surface area contributed by atoms with E-state index in [1.54, 1.807) is 13.8 Å². The number of aromatic nitrogens is 1. The zero-order valence-corrected chi connectivity index (χ0v) is 14.6. The molecule has 0 saturated heterocycles. The highest BCUT2D eigenvalue weighted by molar-refractivity contribution is 7.89. The Balaban J connectivity index is 2.02. The number of nitrogens with two attached hydrogens (primary N) is 1. The number of carbonyl (C=O) groups is 2.